The lowest BCUT2D eigenvalue weighted by Crippen LogP contribution is -2.58. The van der Waals surface area contributed by atoms with Crippen LogP contribution in [0.1, 0.15) is 43.3 Å². The number of fused-ring (bicyclic) bond motifs is 1. The zero-order valence-corrected chi connectivity index (χ0v) is 18.1. The van der Waals surface area contributed by atoms with Gasteiger partial charge in [-0.1, -0.05) is 18.2 Å². The third-order valence-corrected chi connectivity index (χ3v) is 5.65. The Morgan fingerprint density at radius 2 is 1.84 bits per heavy atom. The second-order valence-electron chi connectivity index (χ2n) is 8.44. The van der Waals surface area contributed by atoms with Crippen molar-refractivity contribution in [3.63, 3.8) is 0 Å². The van der Waals surface area contributed by atoms with Crippen LogP contribution in [0.25, 0.3) is 11.0 Å². The Balaban J connectivity index is 1.78. The van der Waals surface area contributed by atoms with E-state index in [1.165, 1.54) is 23.6 Å². The fraction of sp³-hybridized carbons (Fsp3) is 0.409. The highest BCUT2D eigenvalue weighted by Gasteiger charge is 2.40. The molecule has 0 amide bonds. The minimum Gasteiger partial charge on any atom is -0.363 e. The fourth-order valence-electron chi connectivity index (χ4n) is 4.03. The van der Waals surface area contributed by atoms with E-state index in [0.717, 1.165) is 6.07 Å². The molecule has 10 heteroatoms. The van der Waals surface area contributed by atoms with Crippen LogP contribution in [0.4, 0.5) is 29.1 Å². The lowest BCUT2D eigenvalue weighted by Gasteiger charge is -2.43. The van der Waals surface area contributed by atoms with Crippen LogP contribution >= 0.6 is 0 Å². The predicted octanol–water partition coefficient (Wildman–Crippen LogP) is 4.43. The number of benzene rings is 1. The van der Waals surface area contributed by atoms with Crippen molar-refractivity contribution in [1.29, 1.82) is 0 Å². The van der Waals surface area contributed by atoms with E-state index in [1.807, 2.05) is 0 Å². The van der Waals surface area contributed by atoms with Gasteiger partial charge in [0.2, 0.25) is 0 Å². The maximum absolute atomic E-state index is 14.6. The van der Waals surface area contributed by atoms with E-state index >= 15 is 0 Å². The number of hydrogen-bond donors (Lipinski definition) is 1. The molecule has 0 radical (unpaired) electrons. The summed E-state index contributed by atoms with van der Waals surface area (Å²) in [6.45, 7) is 4.92. The number of nitrogens with one attached hydrogen (secondary N) is 1. The second-order valence-corrected chi connectivity index (χ2v) is 8.44. The maximum atomic E-state index is 14.6. The summed E-state index contributed by atoms with van der Waals surface area (Å²) in [5.41, 5.74) is -1.63. The van der Waals surface area contributed by atoms with Gasteiger partial charge in [-0.25, -0.2) is 27.5 Å². The third-order valence-electron chi connectivity index (χ3n) is 5.65. The Kier molecular flexibility index (Phi) is 5.34. The number of anilines is 2. The minimum atomic E-state index is -2.93. The van der Waals surface area contributed by atoms with E-state index < -0.39 is 29.5 Å². The number of rotatable bonds is 5. The van der Waals surface area contributed by atoms with Crippen LogP contribution in [0.15, 0.2) is 29.1 Å². The Morgan fingerprint density at radius 1 is 1.19 bits per heavy atom. The lowest BCUT2D eigenvalue weighted by atomic mass is 9.98. The molecule has 1 fully saturated rings. The molecule has 2 aromatic heterocycles. The molecule has 1 aliphatic rings. The summed E-state index contributed by atoms with van der Waals surface area (Å²) in [7, 11) is 1.56. The van der Waals surface area contributed by atoms with Gasteiger partial charge in [0.15, 0.2) is 0 Å². The molecule has 6 nitrogen and oxygen atoms in total. The van der Waals surface area contributed by atoms with Crippen LogP contribution in [0.2, 0.25) is 0 Å². The van der Waals surface area contributed by atoms with E-state index in [-0.39, 0.29) is 24.2 Å². The summed E-state index contributed by atoms with van der Waals surface area (Å²) in [6, 6.07) is 4.74. The highest BCUT2D eigenvalue weighted by Crippen LogP contribution is 2.33. The Bertz CT molecular complexity index is 1250. The van der Waals surface area contributed by atoms with Gasteiger partial charge in [0, 0.05) is 12.6 Å². The third kappa shape index (κ3) is 3.78. The Hall–Kier alpha value is -3.17. The van der Waals surface area contributed by atoms with Crippen LogP contribution < -0.4 is 15.8 Å². The van der Waals surface area contributed by atoms with Gasteiger partial charge in [0.25, 0.3) is 12.0 Å². The van der Waals surface area contributed by atoms with E-state index in [0.29, 0.717) is 28.4 Å². The number of alkyl halides is 3. The molecule has 1 aliphatic heterocycles. The molecule has 3 heterocycles. The van der Waals surface area contributed by atoms with Gasteiger partial charge in [-0.15, -0.1) is 0 Å². The summed E-state index contributed by atoms with van der Waals surface area (Å²) in [4.78, 5) is 23.2. The van der Waals surface area contributed by atoms with E-state index in [9.17, 15) is 22.4 Å². The normalized spacial score (nSPS) is 16.3. The molecule has 32 heavy (non-hydrogen) atoms. The van der Waals surface area contributed by atoms with Crippen molar-refractivity contribution in [1.82, 2.24) is 14.5 Å². The SMILES string of the molecule is Cc1nc(N[C@H](C)c2cccc(C(F)F)c2F)c2cc(N3CC(C)(F)C3)c(=O)n(C)c2n1. The molecule has 1 N–H and O–H groups in total. The van der Waals surface area contributed by atoms with Crippen molar-refractivity contribution in [2.75, 3.05) is 23.3 Å². The highest BCUT2D eigenvalue weighted by molar-refractivity contribution is 5.89. The van der Waals surface area contributed by atoms with Crippen LogP contribution in [0, 0.1) is 12.7 Å². The van der Waals surface area contributed by atoms with Crippen molar-refractivity contribution < 1.29 is 17.6 Å². The number of nitrogens with zero attached hydrogens (tertiary/aromatic N) is 4. The monoisotopic (exact) mass is 449 g/mol. The second kappa shape index (κ2) is 7.75. The first-order valence-electron chi connectivity index (χ1n) is 10.1. The van der Waals surface area contributed by atoms with Gasteiger partial charge >= 0.3 is 0 Å². The Morgan fingerprint density at radius 3 is 2.47 bits per heavy atom. The first-order valence-corrected chi connectivity index (χ1v) is 10.1. The first kappa shape index (κ1) is 22.0. The van der Waals surface area contributed by atoms with Crippen molar-refractivity contribution in [2.45, 2.75) is 38.9 Å². The summed E-state index contributed by atoms with van der Waals surface area (Å²) in [6.07, 6.45) is -2.93. The fourth-order valence-corrected chi connectivity index (χ4v) is 4.03. The molecular formula is C22H23F4N5O. The van der Waals surface area contributed by atoms with Gasteiger partial charge in [-0.05, 0) is 26.8 Å². The molecule has 1 saturated heterocycles. The largest absolute Gasteiger partial charge is 0.363 e. The molecule has 170 valence electrons. The van der Waals surface area contributed by atoms with E-state index in [2.05, 4.69) is 15.3 Å². The summed E-state index contributed by atoms with van der Waals surface area (Å²) in [5.74, 6) is -0.284. The van der Waals surface area contributed by atoms with Gasteiger partial charge in [-0.2, -0.15) is 0 Å². The molecule has 0 bridgehead atoms. The molecule has 0 aliphatic carbocycles. The molecule has 1 aromatic carbocycles. The minimum absolute atomic E-state index is 0.0631. The number of aryl methyl sites for hydroxylation is 2. The van der Waals surface area contributed by atoms with Crippen molar-refractivity contribution in [2.24, 2.45) is 7.05 Å². The first-order chi connectivity index (χ1) is 15.0. The number of pyridine rings is 1. The van der Waals surface area contributed by atoms with E-state index in [4.69, 9.17) is 0 Å². The van der Waals surface area contributed by atoms with Crippen molar-refractivity contribution in [3.05, 3.63) is 57.4 Å². The highest BCUT2D eigenvalue weighted by atomic mass is 19.3. The van der Waals surface area contributed by atoms with Gasteiger partial charge in [-0.3, -0.25) is 9.36 Å². The van der Waals surface area contributed by atoms with Gasteiger partial charge < -0.3 is 10.2 Å². The Labute approximate surface area is 181 Å². The molecule has 1 atom stereocenters. The molecule has 3 aromatic rings. The zero-order valence-electron chi connectivity index (χ0n) is 18.1. The molecular weight excluding hydrogens is 426 g/mol. The summed E-state index contributed by atoms with van der Waals surface area (Å²) < 4.78 is 56.3. The van der Waals surface area contributed by atoms with E-state index in [1.54, 1.807) is 31.9 Å². The molecule has 0 spiro atoms. The average Bonchev–Trinajstić information content (AvgIpc) is 2.69. The maximum Gasteiger partial charge on any atom is 0.275 e. The van der Waals surface area contributed by atoms with Gasteiger partial charge in [0.05, 0.1) is 30.1 Å². The standard InChI is InChI=1S/C22H23F4N5O/c1-11(13-6-5-7-14(17(13)23)18(24)25)27-19-15-8-16(31-9-22(3,26)10-31)21(32)30(4)20(15)29-12(2)28-19/h5-8,11,18H,9-10H2,1-4H3,(H,27,28,29)/t11-/m1/s1. The summed E-state index contributed by atoms with van der Waals surface area (Å²) >= 11 is 0. The number of hydrogen-bond acceptors (Lipinski definition) is 5. The van der Waals surface area contributed by atoms with Crippen LogP contribution in [0.3, 0.4) is 0 Å². The van der Waals surface area contributed by atoms with Crippen LogP contribution in [-0.4, -0.2) is 33.3 Å². The summed E-state index contributed by atoms with van der Waals surface area (Å²) in [5, 5.41) is 3.55. The number of halogens is 4. The van der Waals surface area contributed by atoms with Gasteiger partial charge in [0.1, 0.15) is 34.5 Å². The average molecular weight is 449 g/mol. The molecule has 0 unspecified atom stereocenters. The van der Waals surface area contributed by atoms with Crippen LogP contribution in [-0.2, 0) is 7.05 Å². The number of aromatic nitrogens is 3. The lowest BCUT2D eigenvalue weighted by molar-refractivity contribution is 0.144. The topological polar surface area (TPSA) is 63.1 Å². The molecule has 4 rings (SSSR count). The molecule has 0 saturated carbocycles. The van der Waals surface area contributed by atoms with Crippen molar-refractivity contribution >= 4 is 22.5 Å². The van der Waals surface area contributed by atoms with Crippen molar-refractivity contribution in [3.8, 4) is 0 Å². The smallest absolute Gasteiger partial charge is 0.275 e. The predicted molar refractivity (Wildman–Crippen MR) is 115 cm³/mol. The van der Waals surface area contributed by atoms with Crippen LogP contribution in [0.5, 0.6) is 0 Å². The zero-order chi connectivity index (χ0) is 23.4. The quantitative estimate of drug-likeness (QED) is 0.584.